The number of fused-ring (bicyclic) bond motifs is 1. The molecule has 2 aliphatic heterocycles. The number of ether oxygens (including phenoxy) is 1. The molecule has 0 aliphatic carbocycles. The van der Waals surface area contributed by atoms with E-state index in [1.54, 1.807) is 12.1 Å². The van der Waals surface area contributed by atoms with Gasteiger partial charge in [0.1, 0.15) is 12.3 Å². The smallest absolute Gasteiger partial charge is 0.263 e. The zero-order valence-corrected chi connectivity index (χ0v) is 16.6. The van der Waals surface area contributed by atoms with Gasteiger partial charge in [0.2, 0.25) is 5.91 Å². The summed E-state index contributed by atoms with van der Waals surface area (Å²) in [6, 6.07) is 4.96. The third-order valence-electron chi connectivity index (χ3n) is 4.76. The Morgan fingerprint density at radius 3 is 2.61 bits per heavy atom. The average Bonchev–Trinajstić information content (AvgIpc) is 3.24. The van der Waals surface area contributed by atoms with Crippen LogP contribution in [0.15, 0.2) is 46.7 Å². The highest BCUT2D eigenvalue weighted by atomic mass is 35.5. The molecule has 1 saturated heterocycles. The molecule has 0 radical (unpaired) electrons. The van der Waals surface area contributed by atoms with E-state index in [0.29, 0.717) is 21.4 Å². The molecule has 4 rings (SSSR count). The number of nitrogens with zero attached hydrogens (tertiary/aromatic N) is 4. The number of imide groups is 1. The molecule has 2 aliphatic rings. The van der Waals surface area contributed by atoms with E-state index in [9.17, 15) is 23.2 Å². The van der Waals surface area contributed by atoms with Gasteiger partial charge in [0.15, 0.2) is 23.7 Å². The van der Waals surface area contributed by atoms with E-state index in [-0.39, 0.29) is 12.2 Å². The fourth-order valence-electron chi connectivity index (χ4n) is 3.32. The van der Waals surface area contributed by atoms with Crippen LogP contribution >= 0.6 is 11.6 Å². The molecule has 0 saturated carbocycles. The zero-order valence-electron chi connectivity index (χ0n) is 15.9. The molecule has 3 amide bonds. The Morgan fingerprint density at radius 1 is 1.16 bits per heavy atom. The molecule has 0 bridgehead atoms. The number of hydrogen-bond acceptors (Lipinski definition) is 7. The van der Waals surface area contributed by atoms with Crippen LogP contribution in [0.25, 0.3) is 0 Å². The first-order valence-corrected chi connectivity index (χ1v) is 9.31. The van der Waals surface area contributed by atoms with Crippen molar-refractivity contribution in [1.82, 2.24) is 5.01 Å². The Balaban J connectivity index is 1.48. The van der Waals surface area contributed by atoms with Gasteiger partial charge in [-0.05, 0) is 30.3 Å². The molecule has 2 aromatic carbocycles. The number of methoxy groups -OCH3 is 1. The highest BCUT2D eigenvalue weighted by molar-refractivity contribution is 6.32. The van der Waals surface area contributed by atoms with Crippen LogP contribution in [0.2, 0.25) is 5.02 Å². The Hall–Kier alpha value is -3.60. The lowest BCUT2D eigenvalue weighted by atomic mass is 10.1. The topological polar surface area (TPSA) is 104 Å². The van der Waals surface area contributed by atoms with Crippen molar-refractivity contribution in [3.8, 4) is 5.75 Å². The lowest BCUT2D eigenvalue weighted by Gasteiger charge is -2.20. The number of carbonyl (C=O) groups is 3. The summed E-state index contributed by atoms with van der Waals surface area (Å²) in [5.41, 5.74) is 0.261. The predicted molar refractivity (Wildman–Crippen MR) is 105 cm³/mol. The van der Waals surface area contributed by atoms with Crippen LogP contribution in [0.1, 0.15) is 0 Å². The second-order valence-corrected chi connectivity index (χ2v) is 7.11. The molecule has 31 heavy (non-hydrogen) atoms. The molecule has 2 atom stereocenters. The molecule has 1 fully saturated rings. The number of rotatable bonds is 5. The summed E-state index contributed by atoms with van der Waals surface area (Å²) >= 11 is 6.03. The molecule has 9 nitrogen and oxygen atoms in total. The summed E-state index contributed by atoms with van der Waals surface area (Å²) < 4.78 is 31.8. The van der Waals surface area contributed by atoms with Crippen molar-refractivity contribution in [2.24, 2.45) is 10.3 Å². The van der Waals surface area contributed by atoms with Gasteiger partial charge in [-0.1, -0.05) is 16.8 Å². The van der Waals surface area contributed by atoms with Crippen LogP contribution < -0.4 is 15.0 Å². The van der Waals surface area contributed by atoms with Gasteiger partial charge in [0.25, 0.3) is 11.8 Å². The third-order valence-corrected chi connectivity index (χ3v) is 5.06. The molecule has 0 spiro atoms. The minimum atomic E-state index is -1.20. The Morgan fingerprint density at radius 2 is 1.94 bits per heavy atom. The van der Waals surface area contributed by atoms with Gasteiger partial charge < -0.3 is 10.1 Å². The van der Waals surface area contributed by atoms with E-state index in [2.05, 4.69) is 15.7 Å². The van der Waals surface area contributed by atoms with E-state index in [4.69, 9.17) is 16.3 Å². The molecule has 2 heterocycles. The largest absolute Gasteiger partial charge is 0.495 e. The average molecular weight is 450 g/mol. The van der Waals surface area contributed by atoms with E-state index in [0.717, 1.165) is 23.2 Å². The van der Waals surface area contributed by atoms with Crippen molar-refractivity contribution in [1.29, 1.82) is 0 Å². The minimum Gasteiger partial charge on any atom is -0.495 e. The van der Waals surface area contributed by atoms with Gasteiger partial charge in [-0.3, -0.25) is 19.4 Å². The number of amides is 3. The maximum Gasteiger partial charge on any atom is 0.263 e. The molecule has 2 aromatic rings. The molecule has 160 valence electrons. The molecular formula is C19H14ClF2N5O4. The number of anilines is 2. The number of hydrogen-bond donors (Lipinski definition) is 1. The van der Waals surface area contributed by atoms with Crippen LogP contribution in [-0.2, 0) is 14.4 Å². The molecule has 0 unspecified atom stereocenters. The molecule has 0 aromatic heterocycles. The lowest BCUT2D eigenvalue weighted by molar-refractivity contribution is -0.123. The van der Waals surface area contributed by atoms with E-state index in [1.165, 1.54) is 13.2 Å². The number of benzene rings is 2. The zero-order chi connectivity index (χ0) is 22.3. The fraction of sp³-hybridized carbons (Fsp3) is 0.211. The number of halogens is 3. The summed E-state index contributed by atoms with van der Waals surface area (Å²) in [5.74, 6) is -3.90. The quantitative estimate of drug-likeness (QED) is 0.706. The summed E-state index contributed by atoms with van der Waals surface area (Å²) in [6.45, 7) is -0.376. The first kappa shape index (κ1) is 20.7. The first-order valence-electron chi connectivity index (χ1n) is 8.94. The molecular weight excluding hydrogens is 436 g/mol. The van der Waals surface area contributed by atoms with Gasteiger partial charge in [0, 0.05) is 11.8 Å². The van der Waals surface area contributed by atoms with Gasteiger partial charge in [0.05, 0.1) is 17.8 Å². The van der Waals surface area contributed by atoms with Crippen LogP contribution in [0.3, 0.4) is 0 Å². The number of carbonyl (C=O) groups excluding carboxylic acids is 3. The van der Waals surface area contributed by atoms with Gasteiger partial charge in [-0.2, -0.15) is 5.11 Å². The van der Waals surface area contributed by atoms with Crippen molar-refractivity contribution in [3.05, 3.63) is 53.1 Å². The van der Waals surface area contributed by atoms with E-state index >= 15 is 0 Å². The van der Waals surface area contributed by atoms with Crippen molar-refractivity contribution in [2.75, 3.05) is 23.9 Å². The Kier molecular flexibility index (Phi) is 5.27. The maximum absolute atomic E-state index is 13.6. The van der Waals surface area contributed by atoms with Gasteiger partial charge in [-0.15, -0.1) is 0 Å². The first-order chi connectivity index (χ1) is 14.8. The Bertz CT molecular complexity index is 1130. The maximum atomic E-state index is 13.6. The Labute approximate surface area is 179 Å². The summed E-state index contributed by atoms with van der Waals surface area (Å²) in [4.78, 5) is 38.5. The van der Waals surface area contributed by atoms with Gasteiger partial charge in [-0.25, -0.2) is 13.7 Å². The van der Waals surface area contributed by atoms with Crippen molar-refractivity contribution >= 4 is 40.7 Å². The molecule has 12 heteroatoms. The summed E-state index contributed by atoms with van der Waals surface area (Å²) in [5, 5.41) is 11.5. The summed E-state index contributed by atoms with van der Waals surface area (Å²) in [6.07, 6.45) is 0. The normalized spacial score (nSPS) is 19.7. The van der Waals surface area contributed by atoms with Crippen molar-refractivity contribution in [3.63, 3.8) is 0 Å². The van der Waals surface area contributed by atoms with Crippen LogP contribution in [0, 0.1) is 11.6 Å². The summed E-state index contributed by atoms with van der Waals surface area (Å²) in [7, 11) is 1.46. The highest BCUT2D eigenvalue weighted by Crippen LogP contribution is 2.32. The van der Waals surface area contributed by atoms with E-state index in [1.807, 2.05) is 0 Å². The van der Waals surface area contributed by atoms with Crippen LogP contribution in [0.5, 0.6) is 5.75 Å². The second kappa shape index (κ2) is 7.91. The standard InChI is InChI=1S/C19H14ClF2N5O4/c1-31-14-5-2-9(6-11(14)20)23-15(28)8-26-17-16(24-25-26)18(29)27(19(17)30)10-3-4-12(21)13(22)7-10/h2-7,16-17H,8H2,1H3,(H,23,28)/t16-,17+/m0/s1. The predicted octanol–water partition coefficient (Wildman–Crippen LogP) is 2.56. The minimum absolute atomic E-state index is 0.129. The number of nitrogens with one attached hydrogen (secondary N) is 1. The highest BCUT2D eigenvalue weighted by Gasteiger charge is 2.55. The lowest BCUT2D eigenvalue weighted by Crippen LogP contribution is -2.43. The van der Waals surface area contributed by atoms with E-state index < -0.39 is 41.4 Å². The van der Waals surface area contributed by atoms with Crippen molar-refractivity contribution in [2.45, 2.75) is 12.1 Å². The SMILES string of the molecule is COc1ccc(NC(=O)CN2N=N[C@@H]3C(=O)N(c4ccc(F)c(F)c4)C(=O)[C@@H]32)cc1Cl. The fourth-order valence-corrected chi connectivity index (χ4v) is 3.58. The monoisotopic (exact) mass is 449 g/mol. The van der Waals surface area contributed by atoms with Gasteiger partial charge >= 0.3 is 0 Å². The molecule has 1 N–H and O–H groups in total. The van der Waals surface area contributed by atoms with Crippen LogP contribution in [0.4, 0.5) is 20.2 Å². The van der Waals surface area contributed by atoms with Crippen LogP contribution in [-0.4, -0.2) is 48.5 Å². The van der Waals surface area contributed by atoms with Crippen molar-refractivity contribution < 1.29 is 27.9 Å². The second-order valence-electron chi connectivity index (χ2n) is 6.70. The third kappa shape index (κ3) is 3.67.